The molecule has 0 aromatic carbocycles. The lowest BCUT2D eigenvalue weighted by Gasteiger charge is -2.28. The first kappa shape index (κ1) is 11.0. The molecule has 1 aliphatic carbocycles. The highest BCUT2D eigenvalue weighted by atomic mass is 14.9. The van der Waals surface area contributed by atoms with Crippen LogP contribution in [0.4, 0.5) is 0 Å². The van der Waals surface area contributed by atoms with E-state index in [4.69, 9.17) is 0 Å². The van der Waals surface area contributed by atoms with E-state index in [1.807, 2.05) is 0 Å². The lowest BCUT2D eigenvalue weighted by molar-refractivity contribution is 0.253. The predicted molar refractivity (Wildman–Crippen MR) is 58.9 cm³/mol. The maximum Gasteiger partial charge on any atom is 0.00104 e. The molecule has 1 fully saturated rings. The molecule has 1 saturated carbocycles. The molecule has 0 aliphatic heterocycles. The van der Waals surface area contributed by atoms with Gasteiger partial charge in [0.1, 0.15) is 0 Å². The van der Waals surface area contributed by atoms with E-state index < -0.39 is 0 Å². The summed E-state index contributed by atoms with van der Waals surface area (Å²) < 4.78 is 0. The number of hydrogen-bond acceptors (Lipinski definition) is 1. The van der Waals surface area contributed by atoms with Crippen molar-refractivity contribution in [2.45, 2.75) is 58.9 Å². The van der Waals surface area contributed by atoms with Gasteiger partial charge in [0.25, 0.3) is 0 Å². The van der Waals surface area contributed by atoms with Crippen LogP contribution in [-0.2, 0) is 0 Å². The molecule has 1 aliphatic rings. The Bertz CT molecular complexity index is 125. The summed E-state index contributed by atoms with van der Waals surface area (Å²) in [4.78, 5) is 0. The second-order valence-electron chi connectivity index (χ2n) is 4.94. The summed E-state index contributed by atoms with van der Waals surface area (Å²) >= 11 is 0. The summed E-state index contributed by atoms with van der Waals surface area (Å²) in [5.41, 5.74) is 0. The van der Waals surface area contributed by atoms with E-state index in [-0.39, 0.29) is 0 Å². The summed E-state index contributed by atoms with van der Waals surface area (Å²) in [6.07, 6.45) is 7.36. The fourth-order valence-electron chi connectivity index (χ4n) is 2.29. The van der Waals surface area contributed by atoms with Crippen molar-refractivity contribution in [3.63, 3.8) is 0 Å². The normalized spacial score (nSPS) is 22.2. The number of rotatable bonds is 4. The Kier molecular flexibility index (Phi) is 4.79. The van der Waals surface area contributed by atoms with Crippen molar-refractivity contribution in [2.24, 2.45) is 11.8 Å². The van der Waals surface area contributed by atoms with Crippen molar-refractivity contribution in [2.75, 3.05) is 6.54 Å². The smallest absolute Gasteiger partial charge is 0.00104 e. The minimum absolute atomic E-state index is 0.644. The van der Waals surface area contributed by atoms with Crippen LogP contribution in [0.25, 0.3) is 0 Å². The molecule has 0 amide bonds. The first-order valence-electron chi connectivity index (χ1n) is 5.93. The van der Waals surface area contributed by atoms with Crippen molar-refractivity contribution >= 4 is 0 Å². The predicted octanol–water partition coefficient (Wildman–Crippen LogP) is 3.20. The molecule has 0 bridgehead atoms. The van der Waals surface area contributed by atoms with Crippen LogP contribution >= 0.6 is 0 Å². The summed E-state index contributed by atoms with van der Waals surface area (Å²) in [6, 6.07) is 0.644. The molecule has 0 heterocycles. The second kappa shape index (κ2) is 5.64. The maximum atomic E-state index is 3.54. The van der Waals surface area contributed by atoms with Crippen LogP contribution in [0.1, 0.15) is 52.9 Å². The highest BCUT2D eigenvalue weighted by Gasteiger charge is 2.19. The molecule has 0 saturated heterocycles. The molecule has 78 valence electrons. The van der Waals surface area contributed by atoms with Crippen LogP contribution in [0.15, 0.2) is 0 Å². The molecule has 1 unspecified atom stereocenters. The van der Waals surface area contributed by atoms with E-state index in [0.29, 0.717) is 6.04 Å². The van der Waals surface area contributed by atoms with Crippen LogP contribution in [0.5, 0.6) is 0 Å². The average Bonchev–Trinajstić information content (AvgIpc) is 2.15. The number of hydrogen-bond donors (Lipinski definition) is 1. The maximum absolute atomic E-state index is 3.54. The van der Waals surface area contributed by atoms with Gasteiger partial charge in [0.15, 0.2) is 0 Å². The minimum atomic E-state index is 0.644. The third-order valence-corrected chi connectivity index (χ3v) is 3.30. The van der Waals surface area contributed by atoms with Gasteiger partial charge in [0.05, 0.1) is 0 Å². The highest BCUT2D eigenvalue weighted by Crippen LogP contribution is 2.29. The third-order valence-electron chi connectivity index (χ3n) is 3.30. The highest BCUT2D eigenvalue weighted by molar-refractivity contribution is 4.73. The Balaban J connectivity index is 2.17. The molecule has 13 heavy (non-hydrogen) atoms. The van der Waals surface area contributed by atoms with Crippen LogP contribution < -0.4 is 5.32 Å². The zero-order valence-electron chi connectivity index (χ0n) is 9.47. The van der Waals surface area contributed by atoms with E-state index in [9.17, 15) is 0 Å². The molecule has 0 radical (unpaired) electrons. The standard InChI is InChI=1S/C12H25N/c1-10(2)13-9-11(3)12-7-5-4-6-8-12/h10-13H,4-9H2,1-3H3. The van der Waals surface area contributed by atoms with Gasteiger partial charge in [0, 0.05) is 6.04 Å². The third kappa shape index (κ3) is 4.12. The van der Waals surface area contributed by atoms with Crippen LogP contribution in [0, 0.1) is 11.8 Å². The van der Waals surface area contributed by atoms with E-state index >= 15 is 0 Å². The van der Waals surface area contributed by atoms with Crippen LogP contribution in [0.3, 0.4) is 0 Å². The van der Waals surface area contributed by atoms with Crippen LogP contribution in [-0.4, -0.2) is 12.6 Å². The molecule has 0 aromatic heterocycles. The minimum Gasteiger partial charge on any atom is -0.314 e. The summed E-state index contributed by atoms with van der Waals surface area (Å²) in [5, 5.41) is 3.54. The monoisotopic (exact) mass is 183 g/mol. The molecule has 1 heteroatoms. The van der Waals surface area contributed by atoms with E-state index in [2.05, 4.69) is 26.1 Å². The van der Waals surface area contributed by atoms with Crippen molar-refractivity contribution in [1.82, 2.24) is 5.32 Å². The first-order valence-corrected chi connectivity index (χ1v) is 5.93. The zero-order valence-corrected chi connectivity index (χ0v) is 9.47. The fourth-order valence-corrected chi connectivity index (χ4v) is 2.29. The Morgan fingerprint density at radius 3 is 2.23 bits per heavy atom. The molecule has 1 nitrogen and oxygen atoms in total. The zero-order chi connectivity index (χ0) is 9.68. The van der Waals surface area contributed by atoms with Crippen molar-refractivity contribution in [1.29, 1.82) is 0 Å². The molecule has 1 rings (SSSR count). The quantitative estimate of drug-likeness (QED) is 0.706. The number of nitrogens with one attached hydrogen (secondary N) is 1. The molecule has 0 aromatic rings. The van der Waals surface area contributed by atoms with Gasteiger partial charge in [-0.3, -0.25) is 0 Å². The Labute approximate surface area is 83.3 Å². The molecule has 1 N–H and O–H groups in total. The molecule has 0 spiro atoms. The van der Waals surface area contributed by atoms with E-state index in [1.165, 1.54) is 38.6 Å². The fraction of sp³-hybridized carbons (Fsp3) is 1.00. The SMILES string of the molecule is CC(C)NCC(C)C1CCCCC1. The Hall–Kier alpha value is -0.0400. The largest absolute Gasteiger partial charge is 0.314 e. The molecular weight excluding hydrogens is 158 g/mol. The van der Waals surface area contributed by atoms with Gasteiger partial charge >= 0.3 is 0 Å². The van der Waals surface area contributed by atoms with Crippen molar-refractivity contribution in [3.05, 3.63) is 0 Å². The lowest BCUT2D eigenvalue weighted by atomic mass is 9.81. The van der Waals surface area contributed by atoms with E-state index in [1.54, 1.807) is 0 Å². The summed E-state index contributed by atoms with van der Waals surface area (Å²) in [5.74, 6) is 1.88. The van der Waals surface area contributed by atoms with E-state index in [0.717, 1.165) is 11.8 Å². The van der Waals surface area contributed by atoms with Gasteiger partial charge in [-0.05, 0) is 18.4 Å². The second-order valence-corrected chi connectivity index (χ2v) is 4.94. The molecular formula is C12H25N. The Morgan fingerprint density at radius 2 is 1.69 bits per heavy atom. The van der Waals surface area contributed by atoms with Crippen LogP contribution in [0.2, 0.25) is 0 Å². The average molecular weight is 183 g/mol. The summed E-state index contributed by atoms with van der Waals surface area (Å²) in [6.45, 7) is 8.08. The van der Waals surface area contributed by atoms with Gasteiger partial charge in [-0.15, -0.1) is 0 Å². The first-order chi connectivity index (χ1) is 6.20. The topological polar surface area (TPSA) is 12.0 Å². The lowest BCUT2D eigenvalue weighted by Crippen LogP contribution is -2.31. The van der Waals surface area contributed by atoms with Crippen molar-refractivity contribution in [3.8, 4) is 0 Å². The van der Waals surface area contributed by atoms with Gasteiger partial charge in [-0.25, -0.2) is 0 Å². The van der Waals surface area contributed by atoms with Gasteiger partial charge in [-0.2, -0.15) is 0 Å². The van der Waals surface area contributed by atoms with Gasteiger partial charge in [0.2, 0.25) is 0 Å². The van der Waals surface area contributed by atoms with Gasteiger partial charge < -0.3 is 5.32 Å². The Morgan fingerprint density at radius 1 is 1.08 bits per heavy atom. The molecule has 1 atom stereocenters. The van der Waals surface area contributed by atoms with Gasteiger partial charge in [-0.1, -0.05) is 52.9 Å². The van der Waals surface area contributed by atoms with Crippen molar-refractivity contribution < 1.29 is 0 Å². The summed E-state index contributed by atoms with van der Waals surface area (Å²) in [7, 11) is 0.